The number of nitriles is 1. The lowest BCUT2D eigenvalue weighted by Gasteiger charge is -2.16. The van der Waals surface area contributed by atoms with Crippen molar-refractivity contribution in [1.29, 1.82) is 5.26 Å². The van der Waals surface area contributed by atoms with Crippen LogP contribution >= 0.6 is 0 Å². The van der Waals surface area contributed by atoms with Gasteiger partial charge in [0.05, 0.1) is 24.6 Å². The third-order valence-corrected chi connectivity index (χ3v) is 4.59. The van der Waals surface area contributed by atoms with Crippen molar-refractivity contribution in [2.24, 2.45) is 0 Å². The van der Waals surface area contributed by atoms with E-state index in [1.807, 2.05) is 19.2 Å². The van der Waals surface area contributed by atoms with Crippen LogP contribution in [0.3, 0.4) is 0 Å². The topological polar surface area (TPSA) is 130 Å². The molecule has 4 rings (SSSR count). The molecule has 152 valence electrons. The fourth-order valence-electron chi connectivity index (χ4n) is 3.10. The van der Waals surface area contributed by atoms with E-state index in [-0.39, 0.29) is 12.6 Å². The first-order chi connectivity index (χ1) is 14.6. The molecule has 0 saturated heterocycles. The van der Waals surface area contributed by atoms with Crippen LogP contribution in [0.5, 0.6) is 0 Å². The Morgan fingerprint density at radius 2 is 2.10 bits per heavy atom. The summed E-state index contributed by atoms with van der Waals surface area (Å²) in [5, 5.41) is 35.4. The minimum Gasteiger partial charge on any atom is -0.394 e. The fraction of sp³-hybridized carbons (Fsp3) is 0.300. The van der Waals surface area contributed by atoms with Crippen LogP contribution in [0.25, 0.3) is 28.1 Å². The summed E-state index contributed by atoms with van der Waals surface area (Å²) in [5.74, 6) is 0.555. The highest BCUT2D eigenvalue weighted by molar-refractivity contribution is 5.79. The Morgan fingerprint density at radius 1 is 1.23 bits per heavy atom. The number of fused-ring (bicyclic) bond motifs is 1. The van der Waals surface area contributed by atoms with Gasteiger partial charge in [-0.25, -0.2) is 9.97 Å². The molecule has 4 heterocycles. The fourth-order valence-corrected chi connectivity index (χ4v) is 3.10. The van der Waals surface area contributed by atoms with E-state index in [0.29, 0.717) is 22.7 Å². The summed E-state index contributed by atoms with van der Waals surface area (Å²) in [7, 11) is 0. The Bertz CT molecular complexity index is 1220. The molecule has 0 saturated carbocycles. The molecule has 30 heavy (non-hydrogen) atoms. The number of anilines is 1. The molecule has 0 amide bonds. The normalized spacial score (nSPS) is 12.1. The quantitative estimate of drug-likeness (QED) is 0.480. The zero-order chi connectivity index (χ0) is 21.1. The highest BCUT2D eigenvalue weighted by Gasteiger charge is 2.16. The number of aryl methyl sites for hydroxylation is 1. The molecule has 0 bridgehead atoms. The molecule has 1 atom stereocenters. The lowest BCUT2D eigenvalue weighted by Crippen LogP contribution is -2.20. The van der Waals surface area contributed by atoms with Gasteiger partial charge in [0, 0.05) is 47.7 Å². The van der Waals surface area contributed by atoms with Gasteiger partial charge < -0.3 is 10.4 Å². The van der Waals surface area contributed by atoms with E-state index in [1.54, 1.807) is 27.8 Å². The SMILES string of the molecule is CCCn1cc(-c2cnc(-n3ncc4cc(C#N)cnc43)cc2NC(C)CO)nn1. The summed E-state index contributed by atoms with van der Waals surface area (Å²) in [5.41, 5.74) is 3.29. The van der Waals surface area contributed by atoms with Crippen molar-refractivity contribution in [3.05, 3.63) is 42.5 Å². The molecule has 10 nitrogen and oxygen atoms in total. The zero-order valence-corrected chi connectivity index (χ0v) is 16.7. The number of aliphatic hydroxyl groups is 1. The van der Waals surface area contributed by atoms with Crippen LogP contribution in [-0.2, 0) is 6.54 Å². The van der Waals surface area contributed by atoms with Crippen molar-refractivity contribution in [1.82, 2.24) is 34.7 Å². The van der Waals surface area contributed by atoms with E-state index >= 15 is 0 Å². The maximum Gasteiger partial charge on any atom is 0.164 e. The van der Waals surface area contributed by atoms with Gasteiger partial charge in [-0.1, -0.05) is 12.1 Å². The van der Waals surface area contributed by atoms with Crippen molar-refractivity contribution in [3.8, 4) is 23.1 Å². The molecule has 0 aromatic carbocycles. The zero-order valence-electron chi connectivity index (χ0n) is 16.7. The summed E-state index contributed by atoms with van der Waals surface area (Å²) in [6.45, 7) is 4.72. The van der Waals surface area contributed by atoms with E-state index in [4.69, 9.17) is 5.26 Å². The minimum atomic E-state index is -0.171. The Hall–Kier alpha value is -3.84. The maximum atomic E-state index is 9.51. The smallest absolute Gasteiger partial charge is 0.164 e. The number of aromatic nitrogens is 7. The number of nitrogens with one attached hydrogen (secondary N) is 1. The van der Waals surface area contributed by atoms with E-state index < -0.39 is 0 Å². The van der Waals surface area contributed by atoms with Gasteiger partial charge in [-0.05, 0) is 19.4 Å². The third-order valence-electron chi connectivity index (χ3n) is 4.59. The van der Waals surface area contributed by atoms with Gasteiger partial charge in [-0.15, -0.1) is 5.10 Å². The third kappa shape index (κ3) is 3.70. The Kier molecular flexibility index (Phi) is 5.36. The molecule has 0 aliphatic carbocycles. The van der Waals surface area contributed by atoms with Crippen LogP contribution in [-0.4, -0.2) is 52.5 Å². The second-order valence-corrected chi connectivity index (χ2v) is 6.99. The molecule has 0 aliphatic heterocycles. The number of pyridine rings is 2. The standard InChI is InChI=1S/C20H21N9O/c1-3-4-28-11-18(26-27-28)16-10-22-19(6-17(16)25-13(2)12-30)29-20-15(9-24-29)5-14(7-21)8-23-20/h5-6,8-11,13,30H,3-4,12H2,1-2H3,(H,22,25). The molecule has 2 N–H and O–H groups in total. The van der Waals surface area contributed by atoms with Gasteiger partial charge in [0.15, 0.2) is 11.5 Å². The summed E-state index contributed by atoms with van der Waals surface area (Å²) in [4.78, 5) is 8.91. The molecular weight excluding hydrogens is 382 g/mol. The molecule has 10 heteroatoms. The van der Waals surface area contributed by atoms with Crippen molar-refractivity contribution in [2.45, 2.75) is 32.9 Å². The van der Waals surface area contributed by atoms with Gasteiger partial charge in [0.2, 0.25) is 0 Å². The number of rotatable bonds is 7. The van der Waals surface area contributed by atoms with E-state index in [9.17, 15) is 5.11 Å². The summed E-state index contributed by atoms with van der Waals surface area (Å²) in [6.07, 6.45) is 7.70. The minimum absolute atomic E-state index is 0.0250. The summed E-state index contributed by atoms with van der Waals surface area (Å²) >= 11 is 0. The van der Waals surface area contributed by atoms with Crippen LogP contribution in [0.2, 0.25) is 0 Å². The molecule has 4 aromatic rings. The van der Waals surface area contributed by atoms with Crippen LogP contribution in [0.15, 0.2) is 36.9 Å². The van der Waals surface area contributed by atoms with Crippen LogP contribution < -0.4 is 5.32 Å². The van der Waals surface area contributed by atoms with Crippen LogP contribution in [0.4, 0.5) is 5.69 Å². The van der Waals surface area contributed by atoms with Gasteiger partial charge in [0.25, 0.3) is 0 Å². The summed E-state index contributed by atoms with van der Waals surface area (Å²) < 4.78 is 3.41. The van der Waals surface area contributed by atoms with E-state index in [2.05, 4.69) is 43.7 Å². The first-order valence-electron chi connectivity index (χ1n) is 9.65. The number of nitrogens with zero attached hydrogens (tertiary/aromatic N) is 8. The molecule has 1 unspecified atom stereocenters. The highest BCUT2D eigenvalue weighted by atomic mass is 16.3. The maximum absolute atomic E-state index is 9.51. The predicted octanol–water partition coefficient (Wildman–Crippen LogP) is 2.15. The first kappa shape index (κ1) is 19.5. The Balaban J connectivity index is 1.78. The van der Waals surface area contributed by atoms with E-state index in [0.717, 1.165) is 29.6 Å². The molecule has 4 aromatic heterocycles. The van der Waals surface area contributed by atoms with Gasteiger partial charge in [0.1, 0.15) is 11.8 Å². The van der Waals surface area contributed by atoms with Crippen molar-refractivity contribution in [3.63, 3.8) is 0 Å². The Labute approximate surface area is 172 Å². The lowest BCUT2D eigenvalue weighted by atomic mass is 10.1. The average molecular weight is 403 g/mol. The van der Waals surface area contributed by atoms with Crippen LogP contribution in [0, 0.1) is 11.3 Å². The second-order valence-electron chi connectivity index (χ2n) is 6.99. The average Bonchev–Trinajstić information content (AvgIpc) is 3.40. The van der Waals surface area contributed by atoms with Crippen molar-refractivity contribution < 1.29 is 5.11 Å². The van der Waals surface area contributed by atoms with Crippen molar-refractivity contribution in [2.75, 3.05) is 11.9 Å². The van der Waals surface area contributed by atoms with Crippen LogP contribution in [0.1, 0.15) is 25.8 Å². The molecule has 0 aliphatic rings. The predicted molar refractivity (Wildman–Crippen MR) is 111 cm³/mol. The highest BCUT2D eigenvalue weighted by Crippen LogP contribution is 2.28. The second kappa shape index (κ2) is 8.26. The molecule has 0 radical (unpaired) electrons. The van der Waals surface area contributed by atoms with Gasteiger partial charge >= 0.3 is 0 Å². The number of hydrogen-bond acceptors (Lipinski definition) is 8. The van der Waals surface area contributed by atoms with Crippen molar-refractivity contribution >= 4 is 16.7 Å². The van der Waals surface area contributed by atoms with Gasteiger partial charge in [-0.3, -0.25) is 4.68 Å². The molecule has 0 fully saturated rings. The number of aliphatic hydroxyl groups excluding tert-OH is 1. The summed E-state index contributed by atoms with van der Waals surface area (Å²) in [6, 6.07) is 5.48. The molecular formula is C20H21N9O. The Morgan fingerprint density at radius 3 is 2.87 bits per heavy atom. The number of hydrogen-bond donors (Lipinski definition) is 2. The largest absolute Gasteiger partial charge is 0.394 e. The lowest BCUT2D eigenvalue weighted by molar-refractivity contribution is 0.281. The molecule has 0 spiro atoms. The monoisotopic (exact) mass is 403 g/mol. The first-order valence-corrected chi connectivity index (χ1v) is 9.65. The van der Waals surface area contributed by atoms with Gasteiger partial charge in [-0.2, -0.15) is 15.0 Å². The van der Waals surface area contributed by atoms with E-state index in [1.165, 1.54) is 6.20 Å².